The van der Waals surface area contributed by atoms with E-state index in [1.54, 1.807) is 0 Å². The Bertz CT molecular complexity index is 552. The molecule has 2 heterocycles. The van der Waals surface area contributed by atoms with E-state index in [1.807, 2.05) is 35.2 Å². The van der Waals surface area contributed by atoms with Crippen molar-refractivity contribution in [3.8, 4) is 0 Å². The first-order valence-electron chi connectivity index (χ1n) is 9.17. The van der Waals surface area contributed by atoms with E-state index < -0.39 is 11.5 Å². The van der Waals surface area contributed by atoms with Crippen LogP contribution in [0.1, 0.15) is 24.5 Å². The average Bonchev–Trinajstić information content (AvgIpc) is 2.69. The van der Waals surface area contributed by atoms with Crippen LogP contribution in [0.3, 0.4) is 0 Å². The van der Waals surface area contributed by atoms with Crippen LogP contribution in [0.4, 0.5) is 0 Å². The first-order chi connectivity index (χ1) is 12.1. The summed E-state index contributed by atoms with van der Waals surface area (Å²) in [5.74, 6) is 0.182. The maximum Gasteiger partial charge on any atom is 0.230 e. The minimum absolute atomic E-state index is 0.182. The SMILES string of the molecule is NCC1(C(=O)N2CCN(CC(O)c3ccccc3)CC2)CCOCC1. The fourth-order valence-corrected chi connectivity index (χ4v) is 3.76. The van der Waals surface area contributed by atoms with Crippen LogP contribution in [0.5, 0.6) is 0 Å². The van der Waals surface area contributed by atoms with E-state index in [1.165, 1.54) is 0 Å². The second kappa shape index (κ2) is 8.27. The molecule has 1 unspecified atom stereocenters. The van der Waals surface area contributed by atoms with Crippen LogP contribution < -0.4 is 5.73 Å². The van der Waals surface area contributed by atoms with Crippen molar-refractivity contribution in [2.45, 2.75) is 18.9 Å². The summed E-state index contributed by atoms with van der Waals surface area (Å²) in [4.78, 5) is 17.1. The van der Waals surface area contributed by atoms with Crippen LogP contribution in [-0.2, 0) is 9.53 Å². The maximum absolute atomic E-state index is 13.0. The molecule has 3 rings (SSSR count). The molecule has 1 aromatic rings. The van der Waals surface area contributed by atoms with Crippen LogP contribution in [-0.4, -0.2) is 73.3 Å². The normalized spacial score (nSPS) is 22.6. The highest BCUT2D eigenvalue weighted by Gasteiger charge is 2.42. The molecular weight excluding hydrogens is 318 g/mol. The highest BCUT2D eigenvalue weighted by Crippen LogP contribution is 2.32. The number of hydrogen-bond acceptors (Lipinski definition) is 5. The van der Waals surface area contributed by atoms with E-state index >= 15 is 0 Å². The Morgan fingerprint density at radius 1 is 1.16 bits per heavy atom. The lowest BCUT2D eigenvalue weighted by molar-refractivity contribution is -0.149. The number of carbonyl (C=O) groups excluding carboxylic acids is 1. The van der Waals surface area contributed by atoms with Crippen molar-refractivity contribution in [1.82, 2.24) is 9.80 Å². The number of nitrogens with zero attached hydrogens (tertiary/aromatic N) is 2. The van der Waals surface area contributed by atoms with Crippen molar-refractivity contribution in [2.24, 2.45) is 11.1 Å². The van der Waals surface area contributed by atoms with E-state index in [2.05, 4.69) is 4.90 Å². The molecule has 0 saturated carbocycles. The third kappa shape index (κ3) is 4.20. The minimum atomic E-state index is -0.491. The molecule has 138 valence electrons. The molecule has 1 amide bonds. The van der Waals surface area contributed by atoms with Gasteiger partial charge in [-0.3, -0.25) is 9.69 Å². The van der Waals surface area contributed by atoms with Crippen molar-refractivity contribution in [3.05, 3.63) is 35.9 Å². The molecule has 1 atom stereocenters. The summed E-state index contributed by atoms with van der Waals surface area (Å²) < 4.78 is 5.40. The number of nitrogens with two attached hydrogens (primary N) is 1. The third-order valence-electron chi connectivity index (χ3n) is 5.57. The summed E-state index contributed by atoms with van der Waals surface area (Å²) in [6, 6.07) is 9.72. The Balaban J connectivity index is 1.52. The number of β-amino-alcohol motifs (C(OH)–C–C–N with tert-alkyl or cyclic N) is 1. The molecule has 0 spiro atoms. The molecule has 2 fully saturated rings. The zero-order valence-corrected chi connectivity index (χ0v) is 14.8. The Morgan fingerprint density at radius 3 is 2.40 bits per heavy atom. The number of aliphatic hydroxyl groups excluding tert-OH is 1. The molecule has 2 aliphatic heterocycles. The maximum atomic E-state index is 13.0. The summed E-state index contributed by atoms with van der Waals surface area (Å²) in [7, 11) is 0. The van der Waals surface area contributed by atoms with Gasteiger partial charge >= 0.3 is 0 Å². The molecule has 25 heavy (non-hydrogen) atoms. The highest BCUT2D eigenvalue weighted by atomic mass is 16.5. The lowest BCUT2D eigenvalue weighted by atomic mass is 9.78. The number of carbonyl (C=O) groups is 1. The molecule has 2 saturated heterocycles. The Morgan fingerprint density at radius 2 is 1.80 bits per heavy atom. The van der Waals surface area contributed by atoms with Gasteiger partial charge in [0.25, 0.3) is 0 Å². The van der Waals surface area contributed by atoms with E-state index in [0.717, 1.165) is 31.5 Å². The van der Waals surface area contributed by atoms with Crippen molar-refractivity contribution < 1.29 is 14.6 Å². The molecule has 2 aliphatic rings. The fourth-order valence-electron chi connectivity index (χ4n) is 3.76. The van der Waals surface area contributed by atoms with Gasteiger partial charge in [0, 0.05) is 52.5 Å². The first kappa shape index (κ1) is 18.3. The summed E-state index contributed by atoms with van der Waals surface area (Å²) in [6.45, 7) is 5.19. The van der Waals surface area contributed by atoms with E-state index in [4.69, 9.17) is 10.5 Å². The van der Waals surface area contributed by atoms with Gasteiger partial charge in [0.05, 0.1) is 11.5 Å². The second-order valence-corrected chi connectivity index (χ2v) is 7.12. The number of ether oxygens (including phenoxy) is 1. The zero-order chi connectivity index (χ0) is 17.7. The van der Waals surface area contributed by atoms with E-state index in [-0.39, 0.29) is 5.91 Å². The number of hydrogen-bond donors (Lipinski definition) is 2. The highest BCUT2D eigenvalue weighted by molar-refractivity contribution is 5.83. The number of aliphatic hydroxyl groups is 1. The lowest BCUT2D eigenvalue weighted by Gasteiger charge is -2.42. The van der Waals surface area contributed by atoms with Gasteiger partial charge in [-0.2, -0.15) is 0 Å². The van der Waals surface area contributed by atoms with E-state index in [9.17, 15) is 9.90 Å². The molecule has 1 aromatic carbocycles. The smallest absolute Gasteiger partial charge is 0.230 e. The molecule has 0 bridgehead atoms. The molecule has 3 N–H and O–H groups in total. The number of piperazine rings is 1. The van der Waals surface area contributed by atoms with Gasteiger partial charge in [-0.15, -0.1) is 0 Å². The summed E-state index contributed by atoms with van der Waals surface area (Å²) in [5, 5.41) is 10.4. The standard InChI is InChI=1S/C19H29N3O3/c20-15-19(6-12-25-13-7-19)18(24)22-10-8-21(9-11-22)14-17(23)16-4-2-1-3-5-16/h1-5,17,23H,6-15,20H2. The minimum Gasteiger partial charge on any atom is -0.387 e. The van der Waals surface area contributed by atoms with E-state index in [0.29, 0.717) is 39.4 Å². The average molecular weight is 347 g/mol. The second-order valence-electron chi connectivity index (χ2n) is 7.12. The largest absolute Gasteiger partial charge is 0.387 e. The molecule has 6 nitrogen and oxygen atoms in total. The monoisotopic (exact) mass is 347 g/mol. The van der Waals surface area contributed by atoms with Crippen LogP contribution in [0, 0.1) is 5.41 Å². The fraction of sp³-hybridized carbons (Fsp3) is 0.632. The van der Waals surface area contributed by atoms with Crippen molar-refractivity contribution >= 4 is 5.91 Å². The van der Waals surface area contributed by atoms with Gasteiger partial charge in [-0.05, 0) is 18.4 Å². The predicted octanol–water partition coefficient (Wildman–Crippen LogP) is 0.620. The Hall–Kier alpha value is -1.47. The molecule has 6 heteroatoms. The van der Waals surface area contributed by atoms with Crippen LogP contribution >= 0.6 is 0 Å². The van der Waals surface area contributed by atoms with Crippen molar-refractivity contribution in [3.63, 3.8) is 0 Å². The topological polar surface area (TPSA) is 79.0 Å². The summed E-state index contributed by atoms with van der Waals surface area (Å²) in [5.41, 5.74) is 6.45. The molecule has 0 radical (unpaired) electrons. The number of benzene rings is 1. The Labute approximate surface area is 149 Å². The van der Waals surface area contributed by atoms with Crippen LogP contribution in [0.15, 0.2) is 30.3 Å². The third-order valence-corrected chi connectivity index (χ3v) is 5.57. The summed E-state index contributed by atoms with van der Waals surface area (Å²) in [6.07, 6.45) is 0.944. The van der Waals surface area contributed by atoms with Crippen LogP contribution in [0.25, 0.3) is 0 Å². The quantitative estimate of drug-likeness (QED) is 0.816. The molecule has 0 aliphatic carbocycles. The lowest BCUT2D eigenvalue weighted by Crippen LogP contribution is -2.56. The van der Waals surface area contributed by atoms with Gasteiger partial charge in [0.2, 0.25) is 5.91 Å². The number of amides is 1. The first-order valence-corrected chi connectivity index (χ1v) is 9.17. The Kier molecular flexibility index (Phi) is 6.06. The van der Waals surface area contributed by atoms with Gasteiger partial charge in [-0.1, -0.05) is 30.3 Å². The van der Waals surface area contributed by atoms with Gasteiger partial charge < -0.3 is 20.5 Å². The molecular formula is C19H29N3O3. The summed E-state index contributed by atoms with van der Waals surface area (Å²) >= 11 is 0. The van der Waals surface area contributed by atoms with Gasteiger partial charge in [0.1, 0.15) is 0 Å². The van der Waals surface area contributed by atoms with Gasteiger partial charge in [-0.25, -0.2) is 0 Å². The number of rotatable bonds is 5. The van der Waals surface area contributed by atoms with Gasteiger partial charge in [0.15, 0.2) is 0 Å². The zero-order valence-electron chi connectivity index (χ0n) is 14.8. The van der Waals surface area contributed by atoms with Crippen molar-refractivity contribution in [2.75, 3.05) is 52.5 Å². The predicted molar refractivity (Wildman–Crippen MR) is 96.0 cm³/mol. The van der Waals surface area contributed by atoms with Crippen molar-refractivity contribution in [1.29, 1.82) is 0 Å². The molecule has 0 aromatic heterocycles. The van der Waals surface area contributed by atoms with Crippen LogP contribution in [0.2, 0.25) is 0 Å².